The Bertz CT molecular complexity index is 325. The number of thiocarbonyl (C=S) groups is 1. The van der Waals surface area contributed by atoms with Gasteiger partial charge in [-0.2, -0.15) is 5.10 Å². The maximum absolute atomic E-state index is 5.03. The van der Waals surface area contributed by atoms with E-state index in [4.69, 9.17) is 17.0 Å². The van der Waals surface area contributed by atoms with E-state index in [0.717, 1.165) is 24.4 Å². The third-order valence-electron chi connectivity index (χ3n) is 1.71. The molecule has 6 heteroatoms. The van der Waals surface area contributed by atoms with Gasteiger partial charge in [0.2, 0.25) is 0 Å². The van der Waals surface area contributed by atoms with Crippen molar-refractivity contribution in [3.8, 4) is 0 Å². The number of thiophene rings is 1. The Morgan fingerprint density at radius 1 is 1.69 bits per heavy atom. The zero-order chi connectivity index (χ0) is 11.6. The van der Waals surface area contributed by atoms with Gasteiger partial charge in [-0.25, -0.2) is 0 Å². The maximum atomic E-state index is 5.03. The Morgan fingerprint density at radius 3 is 3.25 bits per heavy atom. The maximum Gasteiger partial charge on any atom is 0.186 e. The summed E-state index contributed by atoms with van der Waals surface area (Å²) in [5, 5.41) is 9.57. The molecule has 0 radical (unpaired) electrons. The van der Waals surface area contributed by atoms with E-state index in [2.05, 4.69) is 15.8 Å². The van der Waals surface area contributed by atoms with Crippen LogP contribution in [0.5, 0.6) is 0 Å². The van der Waals surface area contributed by atoms with Gasteiger partial charge >= 0.3 is 0 Å². The summed E-state index contributed by atoms with van der Waals surface area (Å²) in [5.41, 5.74) is 2.75. The highest BCUT2D eigenvalue weighted by molar-refractivity contribution is 7.80. The number of methoxy groups -OCH3 is 1. The highest BCUT2D eigenvalue weighted by atomic mass is 32.1. The number of hydrogen-bond donors (Lipinski definition) is 2. The summed E-state index contributed by atoms with van der Waals surface area (Å²) in [5.74, 6) is 0. The summed E-state index contributed by atoms with van der Waals surface area (Å²) >= 11 is 6.65. The second kappa shape index (κ2) is 8.20. The first kappa shape index (κ1) is 13.1. The lowest BCUT2D eigenvalue weighted by atomic mass is 10.4. The molecule has 0 aliphatic rings. The van der Waals surface area contributed by atoms with Crippen molar-refractivity contribution in [1.82, 2.24) is 10.7 Å². The molecule has 88 valence electrons. The Balaban J connectivity index is 2.10. The molecule has 0 aromatic carbocycles. The van der Waals surface area contributed by atoms with Crippen LogP contribution in [0.1, 0.15) is 11.3 Å². The van der Waals surface area contributed by atoms with Gasteiger partial charge in [0.15, 0.2) is 5.11 Å². The molecule has 1 aromatic rings. The fourth-order valence-electron chi connectivity index (χ4n) is 0.977. The monoisotopic (exact) mass is 257 g/mol. The van der Waals surface area contributed by atoms with Crippen molar-refractivity contribution in [2.75, 3.05) is 20.3 Å². The second-order valence-electron chi connectivity index (χ2n) is 2.99. The fourth-order valence-corrected chi connectivity index (χ4v) is 1.72. The van der Waals surface area contributed by atoms with Crippen LogP contribution in [0.15, 0.2) is 22.6 Å². The van der Waals surface area contributed by atoms with E-state index < -0.39 is 0 Å². The molecule has 0 amide bonds. The zero-order valence-corrected chi connectivity index (χ0v) is 10.7. The molecule has 0 unspecified atom stereocenters. The van der Waals surface area contributed by atoms with Crippen molar-refractivity contribution in [3.63, 3.8) is 0 Å². The molecule has 0 saturated heterocycles. The zero-order valence-electron chi connectivity index (χ0n) is 9.10. The van der Waals surface area contributed by atoms with Gasteiger partial charge < -0.3 is 10.1 Å². The lowest BCUT2D eigenvalue weighted by Gasteiger charge is -2.05. The van der Waals surface area contributed by atoms with Gasteiger partial charge in [0.05, 0.1) is 6.21 Å². The Hall–Kier alpha value is -0.980. The molecule has 4 nitrogen and oxygen atoms in total. The summed E-state index contributed by atoms with van der Waals surface area (Å²) in [6.07, 6.45) is 2.67. The van der Waals surface area contributed by atoms with Crippen LogP contribution in [0.3, 0.4) is 0 Å². The Morgan fingerprint density at radius 2 is 2.56 bits per heavy atom. The van der Waals surface area contributed by atoms with Crippen LogP contribution in [0.25, 0.3) is 0 Å². The van der Waals surface area contributed by atoms with Crippen molar-refractivity contribution in [1.29, 1.82) is 0 Å². The van der Waals surface area contributed by atoms with Gasteiger partial charge in [0.1, 0.15) is 0 Å². The smallest absolute Gasteiger partial charge is 0.186 e. The molecule has 0 bridgehead atoms. The normalized spacial score (nSPS) is 10.6. The molecule has 1 rings (SSSR count). The highest BCUT2D eigenvalue weighted by Crippen LogP contribution is 2.03. The quantitative estimate of drug-likeness (QED) is 0.351. The lowest BCUT2D eigenvalue weighted by Crippen LogP contribution is -2.33. The van der Waals surface area contributed by atoms with Gasteiger partial charge in [0, 0.05) is 25.1 Å². The van der Waals surface area contributed by atoms with Crippen molar-refractivity contribution < 1.29 is 4.74 Å². The Kier molecular flexibility index (Phi) is 6.71. The summed E-state index contributed by atoms with van der Waals surface area (Å²) < 4.78 is 4.92. The van der Waals surface area contributed by atoms with Crippen molar-refractivity contribution in [2.45, 2.75) is 6.42 Å². The highest BCUT2D eigenvalue weighted by Gasteiger charge is 1.92. The largest absolute Gasteiger partial charge is 0.385 e. The van der Waals surface area contributed by atoms with E-state index in [0.29, 0.717) is 5.11 Å². The molecule has 16 heavy (non-hydrogen) atoms. The third-order valence-corrected chi connectivity index (χ3v) is 2.75. The summed E-state index contributed by atoms with van der Waals surface area (Å²) in [4.78, 5) is 1.09. The van der Waals surface area contributed by atoms with Crippen molar-refractivity contribution in [2.24, 2.45) is 5.10 Å². The van der Waals surface area contributed by atoms with Crippen LogP contribution in [0, 0.1) is 0 Å². The minimum atomic E-state index is 0.531. The van der Waals surface area contributed by atoms with Gasteiger partial charge in [-0.05, 0) is 30.1 Å². The molecule has 1 heterocycles. The molecule has 0 aliphatic carbocycles. The van der Waals surface area contributed by atoms with E-state index >= 15 is 0 Å². The first-order valence-corrected chi connectivity index (χ1v) is 6.21. The third kappa shape index (κ3) is 5.79. The summed E-state index contributed by atoms with van der Waals surface area (Å²) in [6, 6.07) is 3.97. The molecule has 0 aliphatic heterocycles. The molecule has 0 spiro atoms. The summed E-state index contributed by atoms with van der Waals surface area (Å²) in [6.45, 7) is 1.52. The molecule has 0 saturated carbocycles. The van der Waals surface area contributed by atoms with Crippen molar-refractivity contribution in [3.05, 3.63) is 22.4 Å². The van der Waals surface area contributed by atoms with Crippen LogP contribution in [0.2, 0.25) is 0 Å². The number of hydrogen-bond acceptors (Lipinski definition) is 4. The van der Waals surface area contributed by atoms with Crippen LogP contribution in [-0.4, -0.2) is 31.6 Å². The lowest BCUT2D eigenvalue weighted by molar-refractivity contribution is 0.195. The first-order chi connectivity index (χ1) is 7.83. The van der Waals surface area contributed by atoms with Crippen LogP contribution >= 0.6 is 23.6 Å². The van der Waals surface area contributed by atoms with E-state index in [9.17, 15) is 0 Å². The average Bonchev–Trinajstić information content (AvgIpc) is 2.77. The minimum Gasteiger partial charge on any atom is -0.385 e. The number of nitrogens with one attached hydrogen (secondary N) is 2. The topological polar surface area (TPSA) is 45.6 Å². The number of hydrazone groups is 1. The molecular weight excluding hydrogens is 242 g/mol. The van der Waals surface area contributed by atoms with E-state index in [1.54, 1.807) is 24.7 Å². The standard InChI is InChI=1S/C10H15N3OS2/c1-14-6-3-5-11-10(15)13-12-8-9-4-2-7-16-9/h2,4,7-8H,3,5-6H2,1H3,(H2,11,13,15). The van der Waals surface area contributed by atoms with E-state index in [1.165, 1.54) is 0 Å². The SMILES string of the molecule is COCCCNC(=S)NN=Cc1cccs1. The van der Waals surface area contributed by atoms with E-state index in [1.807, 2.05) is 17.5 Å². The molecule has 0 atom stereocenters. The van der Waals surface area contributed by atoms with Crippen molar-refractivity contribution >= 4 is 34.9 Å². The predicted molar refractivity (Wildman–Crippen MR) is 72.1 cm³/mol. The van der Waals surface area contributed by atoms with Crippen LogP contribution in [-0.2, 0) is 4.74 Å². The first-order valence-electron chi connectivity index (χ1n) is 4.92. The molecule has 0 fully saturated rings. The minimum absolute atomic E-state index is 0.531. The van der Waals surface area contributed by atoms with Gasteiger partial charge in [0.25, 0.3) is 0 Å². The number of rotatable bonds is 6. The predicted octanol–water partition coefficient (Wildman–Crippen LogP) is 1.58. The number of nitrogens with zero attached hydrogens (tertiary/aromatic N) is 1. The fraction of sp³-hybridized carbons (Fsp3) is 0.400. The molecule has 2 N–H and O–H groups in total. The van der Waals surface area contributed by atoms with Gasteiger partial charge in [-0.3, -0.25) is 5.43 Å². The number of ether oxygens (including phenoxy) is 1. The average molecular weight is 257 g/mol. The van der Waals surface area contributed by atoms with E-state index in [-0.39, 0.29) is 0 Å². The van der Waals surface area contributed by atoms with Gasteiger partial charge in [-0.15, -0.1) is 11.3 Å². The molecular formula is C10H15N3OS2. The second-order valence-corrected chi connectivity index (χ2v) is 4.38. The van der Waals surface area contributed by atoms with Crippen LogP contribution in [0.4, 0.5) is 0 Å². The Labute approximate surface area is 105 Å². The van der Waals surface area contributed by atoms with Gasteiger partial charge in [-0.1, -0.05) is 6.07 Å². The molecule has 1 aromatic heterocycles. The van der Waals surface area contributed by atoms with Crippen LogP contribution < -0.4 is 10.7 Å². The summed E-state index contributed by atoms with van der Waals surface area (Å²) in [7, 11) is 1.68.